The average Bonchev–Trinajstić information content (AvgIpc) is 3.45. The minimum atomic E-state index is -1.35. The van der Waals surface area contributed by atoms with Crippen molar-refractivity contribution in [3.8, 4) is 28.6 Å². The number of carbonyl (C=O) groups is 1. The van der Waals surface area contributed by atoms with Crippen molar-refractivity contribution in [1.29, 1.82) is 0 Å². The van der Waals surface area contributed by atoms with Crippen molar-refractivity contribution in [3.05, 3.63) is 58.6 Å². The minimum absolute atomic E-state index is 0.152. The van der Waals surface area contributed by atoms with Crippen LogP contribution in [0.5, 0.6) is 17.4 Å². The van der Waals surface area contributed by atoms with E-state index in [0.717, 1.165) is 17.0 Å². The molecular formula is C27H27ClN2O5. The van der Waals surface area contributed by atoms with Crippen LogP contribution in [0.15, 0.2) is 42.5 Å². The zero-order valence-corrected chi connectivity index (χ0v) is 20.0. The third kappa shape index (κ3) is 4.33. The molecule has 1 unspecified atom stereocenters. The lowest BCUT2D eigenvalue weighted by atomic mass is 9.65. The van der Waals surface area contributed by atoms with Crippen LogP contribution in [-0.2, 0) is 13.0 Å². The fraction of sp³-hybridized carbons (Fsp3) is 0.407. The third-order valence-electron chi connectivity index (χ3n) is 7.74. The second-order valence-electron chi connectivity index (χ2n) is 9.80. The molecule has 1 atom stereocenters. The third-order valence-corrected chi connectivity index (χ3v) is 8.09. The van der Waals surface area contributed by atoms with Crippen molar-refractivity contribution in [2.24, 2.45) is 17.8 Å². The fourth-order valence-corrected chi connectivity index (χ4v) is 6.26. The molecule has 4 aliphatic rings. The summed E-state index contributed by atoms with van der Waals surface area (Å²) in [6.07, 6.45) is 5.27. The van der Waals surface area contributed by atoms with E-state index in [9.17, 15) is 9.90 Å². The first-order chi connectivity index (χ1) is 17.0. The first kappa shape index (κ1) is 22.3. The molecule has 0 radical (unpaired) electrons. The van der Waals surface area contributed by atoms with Gasteiger partial charge in [0.1, 0.15) is 0 Å². The molecule has 3 saturated carbocycles. The summed E-state index contributed by atoms with van der Waals surface area (Å²) in [6.45, 7) is 0.803. The lowest BCUT2D eigenvalue weighted by molar-refractivity contribution is 0.0808. The molecule has 0 saturated heterocycles. The monoisotopic (exact) mass is 494 g/mol. The van der Waals surface area contributed by atoms with Crippen LogP contribution in [0, 0.1) is 17.8 Å². The maximum absolute atomic E-state index is 11.8. The summed E-state index contributed by atoms with van der Waals surface area (Å²) in [5.74, 6) is 3.40. The SMILES string of the molecule is O=C(O)Oc1c(Cc2cc3c(cc2Cl)OCO3)c(-c2ccccc2)nn1CC1CC2CCC1CC2. The van der Waals surface area contributed by atoms with Crippen LogP contribution >= 0.6 is 11.6 Å². The van der Waals surface area contributed by atoms with Crippen LogP contribution in [0.25, 0.3) is 11.3 Å². The lowest BCUT2D eigenvalue weighted by Crippen LogP contribution is -2.34. The van der Waals surface area contributed by atoms with Gasteiger partial charge in [0.15, 0.2) is 11.5 Å². The average molecular weight is 495 g/mol. The van der Waals surface area contributed by atoms with Crippen molar-refractivity contribution in [3.63, 3.8) is 0 Å². The number of halogens is 1. The number of ether oxygens (including phenoxy) is 3. The molecule has 3 aliphatic carbocycles. The largest absolute Gasteiger partial charge is 0.512 e. The molecule has 7 nitrogen and oxygen atoms in total. The number of hydrogen-bond donors (Lipinski definition) is 1. The van der Waals surface area contributed by atoms with E-state index in [2.05, 4.69) is 0 Å². The maximum atomic E-state index is 11.8. The Morgan fingerprint density at radius 3 is 2.54 bits per heavy atom. The van der Waals surface area contributed by atoms with Crippen molar-refractivity contribution in [2.45, 2.75) is 45.1 Å². The van der Waals surface area contributed by atoms with E-state index >= 15 is 0 Å². The van der Waals surface area contributed by atoms with Crippen LogP contribution in [-0.4, -0.2) is 27.8 Å². The highest BCUT2D eigenvalue weighted by atomic mass is 35.5. The van der Waals surface area contributed by atoms with Gasteiger partial charge < -0.3 is 19.3 Å². The zero-order chi connectivity index (χ0) is 23.9. The summed E-state index contributed by atoms with van der Waals surface area (Å²) in [7, 11) is 0. The Kier molecular flexibility index (Phi) is 5.80. The number of nitrogens with zero attached hydrogens (tertiary/aromatic N) is 2. The van der Waals surface area contributed by atoms with Gasteiger partial charge >= 0.3 is 6.16 Å². The number of hydrogen-bond acceptors (Lipinski definition) is 5. The molecule has 7 rings (SSSR count). The van der Waals surface area contributed by atoms with E-state index in [1.54, 1.807) is 10.7 Å². The Labute approximate surface area is 208 Å². The van der Waals surface area contributed by atoms with Gasteiger partial charge in [-0.2, -0.15) is 5.10 Å². The highest BCUT2D eigenvalue weighted by Crippen LogP contribution is 2.46. The quantitative estimate of drug-likeness (QED) is 0.399. The first-order valence-electron chi connectivity index (χ1n) is 12.2. The number of benzene rings is 2. The summed E-state index contributed by atoms with van der Waals surface area (Å²) in [5, 5.41) is 15.1. The van der Waals surface area contributed by atoms with Crippen molar-refractivity contribution >= 4 is 17.8 Å². The van der Waals surface area contributed by atoms with Gasteiger partial charge in [0, 0.05) is 35.2 Å². The highest BCUT2D eigenvalue weighted by Gasteiger charge is 2.37. The number of rotatable bonds is 6. The van der Waals surface area contributed by atoms with Crippen LogP contribution in [0.2, 0.25) is 5.02 Å². The second kappa shape index (κ2) is 9.11. The molecule has 35 heavy (non-hydrogen) atoms. The normalized spacial score (nSPS) is 22.4. The number of fused-ring (bicyclic) bond motifs is 4. The Morgan fingerprint density at radius 1 is 1.11 bits per heavy atom. The summed E-state index contributed by atoms with van der Waals surface area (Å²) >= 11 is 6.60. The van der Waals surface area contributed by atoms with Gasteiger partial charge in [0.25, 0.3) is 0 Å². The molecule has 3 fully saturated rings. The second-order valence-corrected chi connectivity index (χ2v) is 10.2. The van der Waals surface area contributed by atoms with Gasteiger partial charge in [-0.15, -0.1) is 0 Å². The van der Waals surface area contributed by atoms with Crippen LogP contribution in [0.4, 0.5) is 4.79 Å². The predicted octanol–water partition coefficient (Wildman–Crippen LogP) is 6.41. The topological polar surface area (TPSA) is 82.8 Å². The van der Waals surface area contributed by atoms with Gasteiger partial charge in [-0.25, -0.2) is 9.48 Å². The van der Waals surface area contributed by atoms with Crippen LogP contribution < -0.4 is 14.2 Å². The summed E-state index contributed by atoms with van der Waals surface area (Å²) < 4.78 is 18.2. The molecule has 0 amide bonds. The van der Waals surface area contributed by atoms with E-state index in [0.29, 0.717) is 52.6 Å². The Bertz CT molecular complexity index is 1250. The van der Waals surface area contributed by atoms with Crippen molar-refractivity contribution in [1.82, 2.24) is 9.78 Å². The Balaban J connectivity index is 1.43. The van der Waals surface area contributed by atoms with Gasteiger partial charge in [-0.3, -0.25) is 0 Å². The standard InChI is InChI=1S/C27H27ClN2O5/c28-22-13-24-23(33-15-34-24)12-19(22)11-21-25(18-4-2-1-3-5-18)29-30(26(21)35-27(31)32)14-20-10-16-6-8-17(20)9-7-16/h1-5,12-13,16-17,20H,6-11,14-15H2,(H,31,32). The molecule has 3 aromatic rings. The molecule has 1 aromatic heterocycles. The maximum Gasteiger partial charge on any atom is 0.512 e. The molecule has 0 spiro atoms. The van der Waals surface area contributed by atoms with E-state index in [-0.39, 0.29) is 12.7 Å². The first-order valence-corrected chi connectivity index (χ1v) is 12.6. The summed E-state index contributed by atoms with van der Waals surface area (Å²) in [6, 6.07) is 13.4. The van der Waals surface area contributed by atoms with Crippen LogP contribution in [0.3, 0.4) is 0 Å². The Morgan fingerprint density at radius 2 is 1.86 bits per heavy atom. The molecule has 2 heterocycles. The predicted molar refractivity (Wildman–Crippen MR) is 130 cm³/mol. The smallest absolute Gasteiger partial charge is 0.454 e. The van der Waals surface area contributed by atoms with E-state index in [1.165, 1.54) is 32.1 Å². The molecule has 182 valence electrons. The molecule has 2 bridgehead atoms. The lowest BCUT2D eigenvalue weighted by Gasteiger charge is -2.42. The van der Waals surface area contributed by atoms with Gasteiger partial charge in [-0.05, 0) is 48.6 Å². The summed E-state index contributed by atoms with van der Waals surface area (Å²) in [5.41, 5.74) is 3.09. The van der Waals surface area contributed by atoms with Gasteiger partial charge in [0.05, 0.1) is 5.69 Å². The van der Waals surface area contributed by atoms with Crippen LogP contribution in [0.1, 0.15) is 43.2 Å². The zero-order valence-electron chi connectivity index (χ0n) is 19.3. The Hall–Kier alpha value is -3.19. The highest BCUT2D eigenvalue weighted by molar-refractivity contribution is 6.31. The molecule has 1 N–H and O–H groups in total. The van der Waals surface area contributed by atoms with Crippen molar-refractivity contribution in [2.75, 3.05) is 6.79 Å². The number of carboxylic acid groups (broad SMARTS) is 1. The van der Waals surface area contributed by atoms with Gasteiger partial charge in [-0.1, -0.05) is 54.8 Å². The van der Waals surface area contributed by atoms with Crippen molar-refractivity contribution < 1.29 is 24.1 Å². The van der Waals surface area contributed by atoms with E-state index in [1.807, 2.05) is 36.4 Å². The molecule has 1 aliphatic heterocycles. The van der Waals surface area contributed by atoms with E-state index in [4.69, 9.17) is 30.9 Å². The molecule has 8 heteroatoms. The summed E-state index contributed by atoms with van der Waals surface area (Å²) in [4.78, 5) is 11.8. The number of aromatic nitrogens is 2. The molecular weight excluding hydrogens is 468 g/mol. The van der Waals surface area contributed by atoms with Gasteiger partial charge in [0.2, 0.25) is 12.7 Å². The van der Waals surface area contributed by atoms with E-state index < -0.39 is 6.16 Å². The fourth-order valence-electron chi connectivity index (χ4n) is 6.04. The molecule has 2 aromatic carbocycles. The minimum Gasteiger partial charge on any atom is -0.454 e.